The van der Waals surface area contributed by atoms with Crippen LogP contribution in [0, 0.1) is 0 Å². The van der Waals surface area contributed by atoms with Crippen LogP contribution in [0.2, 0.25) is 0 Å². The summed E-state index contributed by atoms with van der Waals surface area (Å²) in [5.41, 5.74) is 3.62. The van der Waals surface area contributed by atoms with E-state index in [2.05, 4.69) is 15.0 Å². The summed E-state index contributed by atoms with van der Waals surface area (Å²) in [6.45, 7) is 0. The van der Waals surface area contributed by atoms with Crippen molar-refractivity contribution in [2.24, 2.45) is 0 Å². The minimum absolute atomic E-state index is 0. The van der Waals surface area contributed by atoms with Gasteiger partial charge in [-0.05, 0) is 36.4 Å². The Balaban J connectivity index is 0.000001000. The van der Waals surface area contributed by atoms with E-state index in [1.54, 1.807) is 18.6 Å². The smallest absolute Gasteiger partial charge is 0.0980 e. The molecule has 0 amide bonds. The van der Waals surface area contributed by atoms with Crippen LogP contribution in [-0.2, 0) is 41.9 Å². The summed E-state index contributed by atoms with van der Waals surface area (Å²) in [6, 6.07) is 15.6. The van der Waals surface area contributed by atoms with Crippen molar-refractivity contribution in [3.63, 3.8) is 0 Å². The Labute approximate surface area is 146 Å². The summed E-state index contributed by atoms with van der Waals surface area (Å²) in [5.74, 6) is 0. The topological polar surface area (TPSA) is 38.7 Å². The molecule has 0 aliphatic heterocycles. The summed E-state index contributed by atoms with van der Waals surface area (Å²) in [7, 11) is 0. The molecule has 0 atom stereocenters. The predicted molar refractivity (Wildman–Crippen MR) is 70.7 cm³/mol. The zero-order chi connectivity index (χ0) is 12.2. The molecule has 0 bridgehead atoms. The molecule has 0 aliphatic carbocycles. The molecule has 1 radical (unpaired) electrons. The summed E-state index contributed by atoms with van der Waals surface area (Å²) in [4.78, 5) is 13.1. The summed E-state index contributed by atoms with van der Waals surface area (Å²) >= 11 is 0. The van der Waals surface area contributed by atoms with E-state index in [-0.39, 0.29) is 41.9 Å². The van der Waals surface area contributed by atoms with Crippen molar-refractivity contribution >= 4 is 0 Å². The number of nitrogens with zero attached hydrogens (tertiary/aromatic N) is 3. The van der Waals surface area contributed by atoms with E-state index in [1.165, 1.54) is 0 Å². The van der Waals surface area contributed by atoms with Gasteiger partial charge in [0.15, 0.2) is 0 Å². The Morgan fingerprint density at radius 2 is 1.20 bits per heavy atom. The Hall–Kier alpha value is -1.19. The van der Waals surface area contributed by atoms with Gasteiger partial charge in [-0.1, -0.05) is 12.1 Å². The molecule has 3 aromatic heterocycles. The summed E-state index contributed by atoms with van der Waals surface area (Å²) < 4.78 is 0. The third-order valence-corrected chi connectivity index (χ3v) is 2.66. The van der Waals surface area contributed by atoms with Crippen molar-refractivity contribution in [2.45, 2.75) is 0 Å². The molecule has 0 saturated carbocycles. The van der Waals surface area contributed by atoms with Crippen LogP contribution in [0.3, 0.4) is 0 Å². The van der Waals surface area contributed by atoms with E-state index in [1.807, 2.05) is 48.5 Å². The van der Waals surface area contributed by atoms with E-state index < -0.39 is 0 Å². The molecule has 3 nitrogen and oxygen atoms in total. The van der Waals surface area contributed by atoms with Gasteiger partial charge < -0.3 is 0 Å². The van der Waals surface area contributed by atoms with Crippen LogP contribution >= 0.6 is 0 Å². The van der Waals surface area contributed by atoms with Gasteiger partial charge in [-0.2, -0.15) is 0 Å². The van der Waals surface area contributed by atoms with Gasteiger partial charge in [-0.3, -0.25) is 15.0 Å². The van der Waals surface area contributed by atoms with E-state index in [4.69, 9.17) is 0 Å². The summed E-state index contributed by atoms with van der Waals surface area (Å²) in [5, 5.41) is 0. The number of hydrogen-bond acceptors (Lipinski definition) is 3. The van der Waals surface area contributed by atoms with Gasteiger partial charge in [0.2, 0.25) is 0 Å². The Kier molecular flexibility index (Phi) is 6.90. The fourth-order valence-electron chi connectivity index (χ4n) is 1.84. The van der Waals surface area contributed by atoms with Crippen molar-refractivity contribution in [1.82, 2.24) is 15.0 Å². The average molecular weight is 531 g/mol. The maximum absolute atomic E-state index is 4.42. The van der Waals surface area contributed by atoms with E-state index >= 15 is 0 Å². The number of rotatable bonds is 2. The molecular weight excluding hydrogens is 520 g/mol. The second-order valence-corrected chi connectivity index (χ2v) is 3.83. The predicted octanol–water partition coefficient (Wildman–Crippen LogP) is 3.20. The van der Waals surface area contributed by atoms with E-state index in [0.717, 1.165) is 22.6 Å². The first-order valence-corrected chi connectivity index (χ1v) is 5.73. The van der Waals surface area contributed by atoms with Crippen molar-refractivity contribution in [2.75, 3.05) is 0 Å². The molecular formula is C15H11AuN3Ru. The molecule has 105 valence electrons. The zero-order valence-corrected chi connectivity index (χ0v) is 14.3. The van der Waals surface area contributed by atoms with Crippen LogP contribution in [-0.4, -0.2) is 15.0 Å². The number of pyridine rings is 3. The number of aromatic nitrogens is 3. The second-order valence-electron chi connectivity index (χ2n) is 3.83. The molecule has 20 heavy (non-hydrogen) atoms. The molecule has 5 heteroatoms. The largest absolute Gasteiger partial charge is 0.256 e. The molecule has 0 unspecified atom stereocenters. The molecule has 3 aromatic rings. The minimum atomic E-state index is 0. The van der Waals surface area contributed by atoms with Crippen molar-refractivity contribution in [3.05, 3.63) is 67.1 Å². The first-order chi connectivity index (χ1) is 8.95. The molecule has 0 spiro atoms. The van der Waals surface area contributed by atoms with Gasteiger partial charge in [-0.15, -0.1) is 0 Å². The Morgan fingerprint density at radius 3 is 1.80 bits per heavy atom. The van der Waals surface area contributed by atoms with Crippen LogP contribution in [0.15, 0.2) is 67.1 Å². The maximum Gasteiger partial charge on any atom is 0.0980 e. The van der Waals surface area contributed by atoms with Gasteiger partial charge >= 0.3 is 0 Å². The molecule has 0 aliphatic rings. The molecule has 3 heterocycles. The standard InChI is InChI=1S/C15H11N3.Au.Ru/c1-3-9-16-13(7-1)12-6-5-11-18-15(12)14-8-2-4-10-17-14;;/h1-11H;;. The van der Waals surface area contributed by atoms with Crippen molar-refractivity contribution in [3.8, 4) is 22.6 Å². The Morgan fingerprint density at radius 1 is 0.600 bits per heavy atom. The normalized spacial score (nSPS) is 9.20. The monoisotopic (exact) mass is 532 g/mol. The first-order valence-electron chi connectivity index (χ1n) is 5.73. The van der Waals surface area contributed by atoms with Crippen molar-refractivity contribution < 1.29 is 41.9 Å². The van der Waals surface area contributed by atoms with E-state index in [0.29, 0.717) is 0 Å². The fraction of sp³-hybridized carbons (Fsp3) is 0. The third-order valence-electron chi connectivity index (χ3n) is 2.66. The average Bonchev–Trinajstić information content (AvgIpc) is 2.49. The second kappa shape index (κ2) is 8.18. The quantitative estimate of drug-likeness (QED) is 0.477. The molecule has 3 rings (SSSR count). The maximum atomic E-state index is 4.42. The first kappa shape index (κ1) is 16.9. The molecule has 0 fully saturated rings. The van der Waals surface area contributed by atoms with Gasteiger partial charge in [0.1, 0.15) is 0 Å². The molecule has 0 saturated heterocycles. The van der Waals surface area contributed by atoms with Gasteiger partial charge in [0, 0.05) is 66.0 Å². The van der Waals surface area contributed by atoms with Crippen LogP contribution in [0.1, 0.15) is 0 Å². The zero-order valence-electron chi connectivity index (χ0n) is 10.3. The van der Waals surface area contributed by atoms with Gasteiger partial charge in [-0.25, -0.2) is 0 Å². The van der Waals surface area contributed by atoms with Crippen LogP contribution in [0.25, 0.3) is 22.6 Å². The number of hydrogen-bond donors (Lipinski definition) is 0. The third kappa shape index (κ3) is 3.68. The van der Waals surface area contributed by atoms with Crippen LogP contribution in [0.5, 0.6) is 0 Å². The SMILES string of the molecule is [Au].[Ru].c1ccc(-c2cccnc2-c2ccccn2)nc1. The van der Waals surface area contributed by atoms with Gasteiger partial charge in [0.05, 0.1) is 17.1 Å². The Bertz CT molecular complexity index is 589. The fourth-order valence-corrected chi connectivity index (χ4v) is 1.84. The van der Waals surface area contributed by atoms with Crippen molar-refractivity contribution in [1.29, 1.82) is 0 Å². The summed E-state index contributed by atoms with van der Waals surface area (Å²) in [6.07, 6.45) is 5.33. The van der Waals surface area contributed by atoms with Crippen LogP contribution in [0.4, 0.5) is 0 Å². The molecule has 0 N–H and O–H groups in total. The minimum Gasteiger partial charge on any atom is -0.256 e. The van der Waals surface area contributed by atoms with Crippen LogP contribution < -0.4 is 0 Å². The van der Waals surface area contributed by atoms with Gasteiger partial charge in [0.25, 0.3) is 0 Å². The molecule has 0 aromatic carbocycles. The van der Waals surface area contributed by atoms with E-state index in [9.17, 15) is 0 Å².